The fourth-order valence-corrected chi connectivity index (χ4v) is 2.31. The minimum Gasteiger partial charge on any atom is -0.494 e. The van der Waals surface area contributed by atoms with Crippen molar-refractivity contribution in [1.29, 1.82) is 0 Å². The van der Waals surface area contributed by atoms with Crippen molar-refractivity contribution in [2.24, 2.45) is 0 Å². The number of benzene rings is 2. The predicted octanol–water partition coefficient (Wildman–Crippen LogP) is 3.12. The van der Waals surface area contributed by atoms with Crippen LogP contribution in [0.4, 0.5) is 15.8 Å². The Morgan fingerprint density at radius 1 is 1.26 bits per heavy atom. The van der Waals surface area contributed by atoms with Crippen LogP contribution in [0.3, 0.4) is 0 Å². The van der Waals surface area contributed by atoms with Crippen LogP contribution in [0, 0.1) is 15.9 Å². The normalized spacial score (nSPS) is 10.2. The number of amides is 1. The Hall–Kier alpha value is -3.20. The molecule has 0 radical (unpaired) electrons. The van der Waals surface area contributed by atoms with Crippen LogP contribution in [0.2, 0.25) is 5.02 Å². The number of halogens is 2. The lowest BCUT2D eigenvalue weighted by Gasteiger charge is -2.08. The molecule has 0 aromatic heterocycles. The second-order valence-corrected chi connectivity index (χ2v) is 5.68. The number of nitro benzene ring substituents is 1. The summed E-state index contributed by atoms with van der Waals surface area (Å²) in [7, 11) is 1.32. The Bertz CT molecular complexity index is 890. The number of rotatable bonds is 7. The summed E-state index contributed by atoms with van der Waals surface area (Å²) in [5.74, 6) is -1.98. The number of ether oxygens (including phenoxy) is 2. The van der Waals surface area contributed by atoms with E-state index in [-0.39, 0.29) is 28.6 Å². The molecule has 142 valence electrons. The first kappa shape index (κ1) is 20.1. The van der Waals surface area contributed by atoms with Gasteiger partial charge in [-0.2, -0.15) is 0 Å². The van der Waals surface area contributed by atoms with Gasteiger partial charge in [0.2, 0.25) is 0 Å². The Balaban J connectivity index is 1.87. The van der Waals surface area contributed by atoms with E-state index in [1.165, 1.54) is 31.4 Å². The zero-order valence-electron chi connectivity index (χ0n) is 14.0. The number of anilines is 1. The number of non-ortho nitro benzene ring substituents is 1. The Morgan fingerprint density at radius 3 is 2.59 bits per heavy atom. The maximum atomic E-state index is 13.6. The molecule has 0 saturated carbocycles. The second-order valence-electron chi connectivity index (χ2n) is 5.28. The number of hydrogen-bond acceptors (Lipinski definition) is 6. The summed E-state index contributed by atoms with van der Waals surface area (Å²) >= 11 is 5.85. The molecule has 1 N–H and O–H groups in total. The van der Waals surface area contributed by atoms with Crippen LogP contribution >= 0.6 is 11.6 Å². The number of methoxy groups -OCH3 is 1. The molecule has 0 spiro atoms. The molecule has 8 nitrogen and oxygen atoms in total. The molecule has 0 aliphatic heterocycles. The molecule has 2 rings (SSSR count). The van der Waals surface area contributed by atoms with Crippen molar-refractivity contribution < 1.29 is 28.4 Å². The third-order valence-corrected chi connectivity index (χ3v) is 3.68. The largest absolute Gasteiger partial charge is 0.494 e. The third-order valence-electron chi connectivity index (χ3n) is 3.37. The van der Waals surface area contributed by atoms with Crippen molar-refractivity contribution in [3.8, 4) is 5.75 Å². The van der Waals surface area contributed by atoms with Gasteiger partial charge in [-0.3, -0.25) is 19.7 Å². The lowest BCUT2D eigenvalue weighted by Crippen LogP contribution is -2.21. The van der Waals surface area contributed by atoms with Gasteiger partial charge in [-0.05, 0) is 23.8 Å². The summed E-state index contributed by atoms with van der Waals surface area (Å²) in [6.07, 6.45) is -0.230. The Morgan fingerprint density at radius 2 is 2.00 bits per heavy atom. The van der Waals surface area contributed by atoms with E-state index in [0.717, 1.165) is 12.1 Å². The minimum atomic E-state index is -0.732. The molecule has 0 aliphatic rings. The second kappa shape index (κ2) is 8.95. The molecule has 0 unspecified atom stereocenters. The summed E-state index contributed by atoms with van der Waals surface area (Å²) in [5, 5.41) is 13.0. The summed E-state index contributed by atoms with van der Waals surface area (Å²) < 4.78 is 23.2. The monoisotopic (exact) mass is 396 g/mol. The smallest absolute Gasteiger partial charge is 0.310 e. The number of nitro groups is 1. The molecule has 0 atom stereocenters. The highest BCUT2D eigenvalue weighted by Crippen LogP contribution is 2.26. The standard InChI is InChI=1S/C17H14ClFN2O6/c1-26-15-5-2-10(6-13(15)19)7-17(23)27-9-16(22)20-14-4-3-11(21(24)25)8-12(14)18/h2-6,8H,7,9H2,1H3,(H,20,22). The van der Waals surface area contributed by atoms with Crippen LogP contribution < -0.4 is 10.1 Å². The third kappa shape index (κ3) is 5.65. The number of nitrogens with one attached hydrogen (secondary N) is 1. The molecule has 0 bridgehead atoms. The van der Waals surface area contributed by atoms with Gasteiger partial charge in [0.25, 0.3) is 11.6 Å². The highest BCUT2D eigenvalue weighted by molar-refractivity contribution is 6.34. The highest BCUT2D eigenvalue weighted by Gasteiger charge is 2.14. The van der Waals surface area contributed by atoms with Crippen molar-refractivity contribution >= 4 is 34.9 Å². The Labute approximate surface area is 158 Å². The van der Waals surface area contributed by atoms with E-state index in [1.807, 2.05) is 0 Å². The summed E-state index contributed by atoms with van der Waals surface area (Å²) in [5.41, 5.74) is 0.272. The average Bonchev–Trinajstić information content (AvgIpc) is 2.61. The first-order valence-corrected chi connectivity index (χ1v) is 7.89. The first-order valence-electron chi connectivity index (χ1n) is 7.52. The van der Waals surface area contributed by atoms with Gasteiger partial charge in [0.1, 0.15) is 0 Å². The van der Waals surface area contributed by atoms with Gasteiger partial charge in [0.05, 0.1) is 29.2 Å². The van der Waals surface area contributed by atoms with Crippen LogP contribution in [0.1, 0.15) is 5.56 Å². The molecule has 0 fully saturated rings. The van der Waals surface area contributed by atoms with Gasteiger partial charge in [0.15, 0.2) is 18.2 Å². The molecule has 10 heteroatoms. The number of esters is 1. The van der Waals surface area contributed by atoms with Crippen LogP contribution in [-0.4, -0.2) is 30.5 Å². The van der Waals surface area contributed by atoms with Crippen molar-refractivity contribution in [2.45, 2.75) is 6.42 Å². The van der Waals surface area contributed by atoms with Crippen molar-refractivity contribution in [3.63, 3.8) is 0 Å². The zero-order valence-corrected chi connectivity index (χ0v) is 14.8. The van der Waals surface area contributed by atoms with E-state index in [2.05, 4.69) is 5.32 Å². The fourth-order valence-electron chi connectivity index (χ4n) is 2.09. The van der Waals surface area contributed by atoms with Crippen LogP contribution in [0.5, 0.6) is 5.75 Å². The van der Waals surface area contributed by atoms with E-state index in [0.29, 0.717) is 5.56 Å². The van der Waals surface area contributed by atoms with Gasteiger partial charge in [-0.1, -0.05) is 17.7 Å². The Kier molecular flexibility index (Phi) is 6.67. The molecule has 0 saturated heterocycles. The number of carbonyl (C=O) groups is 2. The van der Waals surface area contributed by atoms with E-state index >= 15 is 0 Å². The van der Waals surface area contributed by atoms with Gasteiger partial charge in [0, 0.05) is 12.1 Å². The fraction of sp³-hybridized carbons (Fsp3) is 0.176. The minimum absolute atomic E-state index is 0.0300. The molecule has 0 heterocycles. The lowest BCUT2D eigenvalue weighted by atomic mass is 10.1. The summed E-state index contributed by atoms with van der Waals surface area (Å²) in [4.78, 5) is 33.6. The van der Waals surface area contributed by atoms with E-state index < -0.39 is 29.2 Å². The molecule has 2 aromatic carbocycles. The maximum Gasteiger partial charge on any atom is 0.310 e. The van der Waals surface area contributed by atoms with Crippen LogP contribution in [-0.2, 0) is 20.7 Å². The maximum absolute atomic E-state index is 13.6. The molecule has 1 amide bonds. The van der Waals surface area contributed by atoms with Gasteiger partial charge >= 0.3 is 5.97 Å². The highest BCUT2D eigenvalue weighted by atomic mass is 35.5. The van der Waals surface area contributed by atoms with E-state index in [1.54, 1.807) is 0 Å². The number of nitrogens with zero attached hydrogens (tertiary/aromatic N) is 1. The van der Waals surface area contributed by atoms with E-state index in [9.17, 15) is 24.1 Å². The molecule has 2 aromatic rings. The SMILES string of the molecule is COc1ccc(CC(=O)OCC(=O)Nc2ccc([N+](=O)[O-])cc2Cl)cc1F. The lowest BCUT2D eigenvalue weighted by molar-refractivity contribution is -0.384. The van der Waals surface area contributed by atoms with Crippen molar-refractivity contribution in [2.75, 3.05) is 19.0 Å². The molecule has 0 aliphatic carbocycles. The number of hydrogen-bond donors (Lipinski definition) is 1. The quantitative estimate of drug-likeness (QED) is 0.437. The van der Waals surface area contributed by atoms with Gasteiger partial charge in [-0.15, -0.1) is 0 Å². The topological polar surface area (TPSA) is 108 Å². The van der Waals surface area contributed by atoms with Crippen LogP contribution in [0.25, 0.3) is 0 Å². The molecular weight excluding hydrogens is 383 g/mol. The number of carbonyl (C=O) groups excluding carboxylic acids is 2. The molecular formula is C17H14ClFN2O6. The predicted molar refractivity (Wildman–Crippen MR) is 94.4 cm³/mol. The van der Waals surface area contributed by atoms with Crippen LogP contribution in [0.15, 0.2) is 36.4 Å². The zero-order chi connectivity index (χ0) is 20.0. The average molecular weight is 397 g/mol. The van der Waals surface area contributed by atoms with Crippen molar-refractivity contribution in [1.82, 2.24) is 0 Å². The first-order chi connectivity index (χ1) is 12.8. The summed E-state index contributed by atoms with van der Waals surface area (Å²) in [6, 6.07) is 7.53. The van der Waals surface area contributed by atoms with E-state index in [4.69, 9.17) is 21.1 Å². The summed E-state index contributed by atoms with van der Waals surface area (Å²) in [6.45, 7) is -0.592. The van der Waals surface area contributed by atoms with Gasteiger partial charge in [-0.25, -0.2) is 4.39 Å². The molecule has 27 heavy (non-hydrogen) atoms. The van der Waals surface area contributed by atoms with Gasteiger partial charge < -0.3 is 14.8 Å². The van der Waals surface area contributed by atoms with Crippen molar-refractivity contribution in [3.05, 3.63) is 62.9 Å².